The number of hydrogen-bond donors (Lipinski definition) is 0. The van der Waals surface area contributed by atoms with Crippen molar-refractivity contribution in [3.63, 3.8) is 0 Å². The number of oxazole rings is 1. The molecule has 40 heavy (non-hydrogen) atoms. The molecule has 0 saturated heterocycles. The fraction of sp³-hybridized carbons (Fsp3) is 0. The van der Waals surface area contributed by atoms with Gasteiger partial charge in [0, 0.05) is 34.3 Å². The zero-order valence-electron chi connectivity index (χ0n) is 21.0. The number of fused-ring (bicyclic) bond motifs is 11. The lowest BCUT2D eigenvalue weighted by Crippen LogP contribution is -1.96. The van der Waals surface area contributed by atoms with Crippen LogP contribution in [0.2, 0.25) is 0 Å². The molecule has 0 fully saturated rings. The fourth-order valence-electron chi connectivity index (χ4n) is 5.66. The van der Waals surface area contributed by atoms with Crippen LogP contribution in [0.3, 0.4) is 0 Å². The molecule has 0 amide bonds. The van der Waals surface area contributed by atoms with Crippen LogP contribution < -0.4 is 0 Å². The average molecular weight is 515 g/mol. The molecule has 0 saturated carbocycles. The molecular formula is C33H18N6O. The van der Waals surface area contributed by atoms with Crippen molar-refractivity contribution in [1.29, 1.82) is 0 Å². The molecule has 5 aromatic carbocycles. The van der Waals surface area contributed by atoms with Crippen LogP contribution in [0.5, 0.6) is 0 Å². The van der Waals surface area contributed by atoms with Crippen LogP contribution in [0.4, 0.5) is 0 Å². The molecule has 0 spiro atoms. The van der Waals surface area contributed by atoms with Crippen molar-refractivity contribution >= 4 is 60.6 Å². The van der Waals surface area contributed by atoms with E-state index >= 15 is 0 Å². The normalized spacial score (nSPS) is 12.0. The van der Waals surface area contributed by atoms with E-state index in [4.69, 9.17) is 24.4 Å². The largest absolute Gasteiger partial charge is 0.423 e. The van der Waals surface area contributed by atoms with E-state index in [2.05, 4.69) is 23.2 Å². The van der Waals surface area contributed by atoms with Crippen LogP contribution in [-0.2, 0) is 0 Å². The monoisotopic (exact) mass is 514 g/mol. The number of benzene rings is 5. The first-order valence-corrected chi connectivity index (χ1v) is 13.0. The summed E-state index contributed by atoms with van der Waals surface area (Å²) in [5.74, 6) is 1.85. The molecular weight excluding hydrogens is 496 g/mol. The minimum Gasteiger partial charge on any atom is -0.423 e. The van der Waals surface area contributed by atoms with Crippen LogP contribution in [-0.4, -0.2) is 29.3 Å². The average Bonchev–Trinajstić information content (AvgIpc) is 3.57. The van der Waals surface area contributed by atoms with Gasteiger partial charge >= 0.3 is 5.84 Å². The van der Waals surface area contributed by atoms with Gasteiger partial charge in [-0.1, -0.05) is 66.7 Å². The van der Waals surface area contributed by atoms with Crippen LogP contribution >= 0.6 is 0 Å². The Bertz CT molecular complexity index is 2440. The van der Waals surface area contributed by atoms with E-state index < -0.39 is 0 Å². The third-order valence-electron chi connectivity index (χ3n) is 7.53. The second kappa shape index (κ2) is 7.91. The molecule has 0 aliphatic rings. The van der Waals surface area contributed by atoms with Crippen molar-refractivity contribution in [3.8, 4) is 22.8 Å². The van der Waals surface area contributed by atoms with Gasteiger partial charge in [-0.25, -0.2) is 19.9 Å². The highest BCUT2D eigenvalue weighted by molar-refractivity contribution is 6.23. The van der Waals surface area contributed by atoms with E-state index in [0.717, 1.165) is 65.8 Å². The van der Waals surface area contributed by atoms with E-state index in [1.54, 1.807) is 0 Å². The maximum atomic E-state index is 6.05. The Labute approximate surface area is 226 Å². The molecule has 4 heterocycles. The van der Waals surface area contributed by atoms with Crippen LogP contribution in [0.25, 0.3) is 83.3 Å². The molecule has 0 atom stereocenters. The predicted molar refractivity (Wildman–Crippen MR) is 157 cm³/mol. The molecule has 0 radical (unpaired) electrons. The molecule has 186 valence electrons. The highest BCUT2D eigenvalue weighted by Crippen LogP contribution is 2.35. The van der Waals surface area contributed by atoms with Gasteiger partial charge in [0.25, 0.3) is 0 Å². The Kier molecular flexibility index (Phi) is 4.20. The summed E-state index contributed by atoms with van der Waals surface area (Å²) in [5, 5.41) is 4.07. The van der Waals surface area contributed by atoms with E-state index in [0.29, 0.717) is 17.5 Å². The fourth-order valence-corrected chi connectivity index (χ4v) is 5.66. The predicted octanol–water partition coefficient (Wildman–Crippen LogP) is 7.61. The van der Waals surface area contributed by atoms with Gasteiger partial charge in [-0.3, -0.25) is 4.40 Å². The topological polar surface area (TPSA) is 82.0 Å². The minimum atomic E-state index is 0.565. The van der Waals surface area contributed by atoms with Crippen molar-refractivity contribution in [3.05, 3.63) is 109 Å². The lowest BCUT2D eigenvalue weighted by molar-refractivity contribution is 0.643. The van der Waals surface area contributed by atoms with Crippen molar-refractivity contribution < 1.29 is 4.42 Å². The van der Waals surface area contributed by atoms with Gasteiger partial charge in [0.1, 0.15) is 11.0 Å². The maximum Gasteiger partial charge on any atom is 0.307 e. The van der Waals surface area contributed by atoms with Gasteiger partial charge in [0.05, 0.1) is 16.6 Å². The summed E-state index contributed by atoms with van der Waals surface area (Å²) in [6, 6.07) is 32.3. The van der Waals surface area contributed by atoms with Crippen LogP contribution in [0, 0.1) is 0 Å². The maximum absolute atomic E-state index is 6.05. The number of imidazole rings is 1. The molecule has 0 aliphatic carbocycles. The lowest BCUT2D eigenvalue weighted by atomic mass is 10.0. The SMILES string of the molecule is c1ccc(-c2ncc3c4ccccc4c4cnc(-c5ccc6oc7nc8ccccc8n7c6c5)nc4c3n2)cc1. The quantitative estimate of drug-likeness (QED) is 0.221. The summed E-state index contributed by atoms with van der Waals surface area (Å²) in [5.41, 5.74) is 7.01. The molecule has 0 bridgehead atoms. The summed E-state index contributed by atoms with van der Waals surface area (Å²) in [4.78, 5) is 24.3. The molecule has 4 aromatic heterocycles. The number of para-hydroxylation sites is 2. The summed E-state index contributed by atoms with van der Waals surface area (Å²) >= 11 is 0. The van der Waals surface area contributed by atoms with E-state index in [1.165, 1.54) is 0 Å². The Morgan fingerprint density at radius 3 is 1.93 bits per heavy atom. The van der Waals surface area contributed by atoms with Crippen LogP contribution in [0.15, 0.2) is 114 Å². The van der Waals surface area contributed by atoms with E-state index in [-0.39, 0.29) is 0 Å². The highest BCUT2D eigenvalue weighted by Gasteiger charge is 2.17. The zero-order valence-corrected chi connectivity index (χ0v) is 21.0. The second-order valence-corrected chi connectivity index (χ2v) is 9.83. The Morgan fingerprint density at radius 2 is 1.18 bits per heavy atom. The van der Waals surface area contributed by atoms with E-state index in [1.807, 2.05) is 95.7 Å². The number of rotatable bonds is 2. The Hall–Kier alpha value is -5.69. The highest BCUT2D eigenvalue weighted by atomic mass is 16.4. The third kappa shape index (κ3) is 2.97. The Balaban J connectivity index is 1.32. The van der Waals surface area contributed by atoms with Crippen molar-refractivity contribution in [2.24, 2.45) is 0 Å². The summed E-state index contributed by atoms with van der Waals surface area (Å²) < 4.78 is 8.09. The van der Waals surface area contributed by atoms with Gasteiger partial charge < -0.3 is 4.42 Å². The third-order valence-corrected chi connectivity index (χ3v) is 7.53. The molecule has 0 unspecified atom stereocenters. The number of aromatic nitrogens is 6. The van der Waals surface area contributed by atoms with Gasteiger partial charge in [-0.15, -0.1) is 0 Å². The summed E-state index contributed by atoms with van der Waals surface area (Å²) in [7, 11) is 0. The van der Waals surface area contributed by atoms with Gasteiger partial charge in [-0.2, -0.15) is 4.98 Å². The summed E-state index contributed by atoms with van der Waals surface area (Å²) in [6.45, 7) is 0. The van der Waals surface area contributed by atoms with Crippen LogP contribution in [0.1, 0.15) is 0 Å². The second-order valence-electron chi connectivity index (χ2n) is 9.83. The molecule has 0 aliphatic heterocycles. The lowest BCUT2D eigenvalue weighted by Gasteiger charge is -2.11. The Morgan fingerprint density at radius 1 is 0.525 bits per heavy atom. The molecule has 9 aromatic rings. The van der Waals surface area contributed by atoms with Crippen molar-refractivity contribution in [1.82, 2.24) is 29.3 Å². The first-order valence-electron chi connectivity index (χ1n) is 13.0. The smallest absolute Gasteiger partial charge is 0.307 e. The molecule has 9 rings (SSSR count). The molecule has 7 nitrogen and oxygen atoms in total. The van der Waals surface area contributed by atoms with Gasteiger partial charge in [0.2, 0.25) is 0 Å². The zero-order chi connectivity index (χ0) is 26.2. The molecule has 7 heteroatoms. The summed E-state index contributed by atoms with van der Waals surface area (Å²) in [6.07, 6.45) is 3.82. The number of nitrogens with zero attached hydrogens (tertiary/aromatic N) is 6. The standard InChI is InChI=1S/C33H18N6O/c1-2-8-19(9-3-1)31-34-17-23-21-10-4-5-11-22(21)24-18-35-32(38-30(24)29(23)37-31)20-14-15-28-27(16-20)39-26-13-7-6-12-25(26)36-33(39)40-28/h1-18H. The molecule has 0 N–H and O–H groups in total. The minimum absolute atomic E-state index is 0.565. The van der Waals surface area contributed by atoms with Gasteiger partial charge in [-0.05, 0) is 41.1 Å². The first-order chi connectivity index (χ1) is 19.8. The number of hydrogen-bond acceptors (Lipinski definition) is 6. The van der Waals surface area contributed by atoms with Gasteiger partial charge in [0.15, 0.2) is 17.2 Å². The van der Waals surface area contributed by atoms with E-state index in [9.17, 15) is 0 Å². The van der Waals surface area contributed by atoms with Crippen molar-refractivity contribution in [2.75, 3.05) is 0 Å². The van der Waals surface area contributed by atoms with Crippen molar-refractivity contribution in [2.45, 2.75) is 0 Å². The first kappa shape index (κ1) is 21.3.